The first-order valence-electron chi connectivity index (χ1n) is 6.80. The molecule has 0 aliphatic carbocycles. The number of carbonyl (C=O) groups excluding carboxylic acids is 2. The summed E-state index contributed by atoms with van der Waals surface area (Å²) in [6.45, 7) is 0.613. The number of hydrogen-bond acceptors (Lipinski definition) is 3. The second-order valence-electron chi connectivity index (χ2n) is 5.00. The van der Waals surface area contributed by atoms with Gasteiger partial charge in [0.15, 0.2) is 6.04 Å². The predicted octanol–water partition coefficient (Wildman–Crippen LogP) is 1.67. The van der Waals surface area contributed by atoms with Gasteiger partial charge in [0.2, 0.25) is 0 Å². The van der Waals surface area contributed by atoms with Crippen LogP contribution in [0.5, 0.6) is 0 Å². The second kappa shape index (κ2) is 5.96. The smallest absolute Gasteiger partial charge is 0.312 e. The number of alkyl halides is 3. The molecule has 1 aliphatic rings. The molecule has 0 saturated heterocycles. The largest absolute Gasteiger partial charge is 0.406 e. The minimum atomic E-state index is -4.59. The summed E-state index contributed by atoms with van der Waals surface area (Å²) in [7, 11) is 0. The van der Waals surface area contributed by atoms with Crippen LogP contribution in [-0.4, -0.2) is 37.1 Å². The van der Waals surface area contributed by atoms with E-state index in [1.54, 1.807) is 6.07 Å². The first kappa shape index (κ1) is 16.3. The van der Waals surface area contributed by atoms with Gasteiger partial charge in [0, 0.05) is 6.54 Å². The Morgan fingerprint density at radius 1 is 1.09 bits per heavy atom. The number of anilines is 2. The van der Waals surface area contributed by atoms with Crippen molar-refractivity contribution in [2.45, 2.75) is 25.6 Å². The standard InChI is InChI=1S/C14H16F3N3O2/c1-2-7-19-9-5-3-4-6-10(9)20(8-14(15,16)17)13(22)11(18)12(19)21/h3-6,11H,2,7-8,18H2,1H3. The summed E-state index contributed by atoms with van der Waals surface area (Å²) >= 11 is 0. The van der Waals surface area contributed by atoms with Gasteiger partial charge in [-0.1, -0.05) is 19.1 Å². The topological polar surface area (TPSA) is 66.6 Å². The van der Waals surface area contributed by atoms with Crippen LogP contribution in [0.4, 0.5) is 24.5 Å². The molecule has 1 unspecified atom stereocenters. The summed E-state index contributed by atoms with van der Waals surface area (Å²) in [6.07, 6.45) is -4.01. The number of rotatable bonds is 3. The zero-order valence-corrected chi connectivity index (χ0v) is 11.9. The highest BCUT2D eigenvalue weighted by Gasteiger charge is 2.42. The third-order valence-electron chi connectivity index (χ3n) is 3.31. The Morgan fingerprint density at radius 3 is 2.09 bits per heavy atom. The highest BCUT2D eigenvalue weighted by molar-refractivity contribution is 6.20. The molecule has 0 aromatic heterocycles. The van der Waals surface area contributed by atoms with E-state index in [9.17, 15) is 22.8 Å². The predicted molar refractivity (Wildman–Crippen MR) is 75.5 cm³/mol. The minimum absolute atomic E-state index is 0.0413. The van der Waals surface area contributed by atoms with E-state index in [0.29, 0.717) is 11.3 Å². The van der Waals surface area contributed by atoms with Gasteiger partial charge in [-0.05, 0) is 18.6 Å². The van der Waals surface area contributed by atoms with Crippen molar-refractivity contribution in [1.82, 2.24) is 0 Å². The van der Waals surface area contributed by atoms with Crippen LogP contribution in [0.15, 0.2) is 24.3 Å². The van der Waals surface area contributed by atoms with E-state index in [2.05, 4.69) is 0 Å². The molecule has 0 spiro atoms. The number of para-hydroxylation sites is 2. The Balaban J connectivity index is 2.57. The second-order valence-corrected chi connectivity index (χ2v) is 5.00. The maximum absolute atomic E-state index is 12.8. The van der Waals surface area contributed by atoms with E-state index in [4.69, 9.17) is 5.73 Å². The molecule has 5 nitrogen and oxygen atoms in total. The first-order chi connectivity index (χ1) is 10.3. The van der Waals surface area contributed by atoms with Crippen molar-refractivity contribution in [2.24, 2.45) is 5.73 Å². The lowest BCUT2D eigenvalue weighted by Crippen LogP contribution is -2.52. The normalized spacial score (nSPS) is 19.2. The third-order valence-corrected chi connectivity index (χ3v) is 3.31. The number of nitrogens with two attached hydrogens (primary N) is 1. The van der Waals surface area contributed by atoms with Crippen LogP contribution in [0.3, 0.4) is 0 Å². The zero-order valence-electron chi connectivity index (χ0n) is 11.9. The molecule has 120 valence electrons. The number of hydrogen-bond donors (Lipinski definition) is 1. The van der Waals surface area contributed by atoms with Crippen molar-refractivity contribution in [3.8, 4) is 0 Å². The lowest BCUT2D eigenvalue weighted by Gasteiger charge is -2.25. The molecule has 1 atom stereocenters. The summed E-state index contributed by atoms with van der Waals surface area (Å²) in [5.41, 5.74) is 5.89. The van der Waals surface area contributed by atoms with Gasteiger partial charge in [-0.2, -0.15) is 13.2 Å². The Labute approximate surface area is 125 Å². The fourth-order valence-electron chi connectivity index (χ4n) is 2.40. The highest BCUT2D eigenvalue weighted by atomic mass is 19.4. The molecule has 2 N–H and O–H groups in total. The van der Waals surface area contributed by atoms with Crippen LogP contribution < -0.4 is 15.5 Å². The molecule has 1 aliphatic heterocycles. The number of halogens is 3. The SMILES string of the molecule is CCCN1C(=O)C(N)C(=O)N(CC(F)(F)F)c2ccccc21. The third kappa shape index (κ3) is 3.06. The van der Waals surface area contributed by atoms with Crippen molar-refractivity contribution in [3.63, 3.8) is 0 Å². The molecule has 0 fully saturated rings. The van der Waals surface area contributed by atoms with Crippen molar-refractivity contribution >= 4 is 23.2 Å². The number of nitrogens with zero attached hydrogens (tertiary/aromatic N) is 2. The molecule has 22 heavy (non-hydrogen) atoms. The Bertz CT molecular complexity index is 589. The first-order valence-corrected chi connectivity index (χ1v) is 6.80. The molecule has 1 aromatic rings. The highest BCUT2D eigenvalue weighted by Crippen LogP contribution is 2.34. The fourth-order valence-corrected chi connectivity index (χ4v) is 2.40. The number of carbonyl (C=O) groups is 2. The lowest BCUT2D eigenvalue weighted by molar-refractivity contribution is -0.136. The summed E-state index contributed by atoms with van der Waals surface area (Å²) in [4.78, 5) is 26.3. The van der Waals surface area contributed by atoms with Crippen molar-refractivity contribution in [2.75, 3.05) is 22.9 Å². The van der Waals surface area contributed by atoms with E-state index >= 15 is 0 Å². The average molecular weight is 315 g/mol. The van der Waals surface area contributed by atoms with Crippen LogP contribution in [0.1, 0.15) is 13.3 Å². The van der Waals surface area contributed by atoms with E-state index in [1.807, 2.05) is 6.92 Å². The van der Waals surface area contributed by atoms with Gasteiger partial charge in [-0.25, -0.2) is 0 Å². The van der Waals surface area contributed by atoms with Gasteiger partial charge < -0.3 is 10.6 Å². The molecule has 1 aromatic carbocycles. The molecular formula is C14H16F3N3O2. The molecule has 2 rings (SSSR count). The number of benzene rings is 1. The Morgan fingerprint density at radius 2 is 1.59 bits per heavy atom. The molecule has 8 heteroatoms. The van der Waals surface area contributed by atoms with Crippen LogP contribution in [-0.2, 0) is 9.59 Å². The monoisotopic (exact) mass is 315 g/mol. The van der Waals surface area contributed by atoms with Gasteiger partial charge in [-0.15, -0.1) is 0 Å². The lowest BCUT2D eigenvalue weighted by atomic mass is 10.2. The Kier molecular flexibility index (Phi) is 4.41. The van der Waals surface area contributed by atoms with Crippen LogP contribution in [0.25, 0.3) is 0 Å². The molecule has 1 heterocycles. The summed E-state index contributed by atoms with van der Waals surface area (Å²) in [5.74, 6) is -1.74. The van der Waals surface area contributed by atoms with Crippen molar-refractivity contribution in [1.29, 1.82) is 0 Å². The zero-order chi connectivity index (χ0) is 16.5. The summed E-state index contributed by atoms with van der Waals surface area (Å²) in [5, 5.41) is 0. The van der Waals surface area contributed by atoms with Gasteiger partial charge >= 0.3 is 6.18 Å². The maximum atomic E-state index is 12.8. The van der Waals surface area contributed by atoms with Crippen molar-refractivity contribution < 1.29 is 22.8 Å². The quantitative estimate of drug-likeness (QED) is 0.863. The van der Waals surface area contributed by atoms with E-state index in [0.717, 1.165) is 0 Å². The molecule has 0 radical (unpaired) electrons. The van der Waals surface area contributed by atoms with Gasteiger partial charge in [0.05, 0.1) is 11.4 Å². The van der Waals surface area contributed by atoms with E-state index in [-0.39, 0.29) is 17.9 Å². The molecule has 0 bridgehead atoms. The van der Waals surface area contributed by atoms with Gasteiger partial charge in [-0.3, -0.25) is 14.5 Å². The van der Waals surface area contributed by atoms with E-state index in [1.165, 1.54) is 23.1 Å². The number of fused-ring (bicyclic) bond motifs is 1. The molecular weight excluding hydrogens is 299 g/mol. The minimum Gasteiger partial charge on any atom is -0.312 e. The summed E-state index contributed by atoms with van der Waals surface area (Å²) < 4.78 is 38.3. The molecule has 0 saturated carbocycles. The Hall–Kier alpha value is -2.09. The van der Waals surface area contributed by atoms with Gasteiger partial charge in [0.1, 0.15) is 6.54 Å². The maximum Gasteiger partial charge on any atom is 0.406 e. The van der Waals surface area contributed by atoms with Crippen LogP contribution in [0, 0.1) is 0 Å². The van der Waals surface area contributed by atoms with Crippen LogP contribution in [0.2, 0.25) is 0 Å². The molecule has 2 amide bonds. The van der Waals surface area contributed by atoms with Crippen LogP contribution >= 0.6 is 0 Å². The van der Waals surface area contributed by atoms with E-state index < -0.39 is 30.6 Å². The average Bonchev–Trinajstić information content (AvgIpc) is 2.52. The van der Waals surface area contributed by atoms with Gasteiger partial charge in [0.25, 0.3) is 11.8 Å². The fraction of sp³-hybridized carbons (Fsp3) is 0.429. The summed E-state index contributed by atoms with van der Waals surface area (Å²) in [6, 6.07) is 4.37. The van der Waals surface area contributed by atoms with Crippen molar-refractivity contribution in [3.05, 3.63) is 24.3 Å². The number of amides is 2.